The van der Waals surface area contributed by atoms with Crippen molar-refractivity contribution in [3.05, 3.63) is 59.5 Å². The number of allylic oxidation sites excluding steroid dienone is 4. The minimum absolute atomic E-state index is 0.361. The summed E-state index contributed by atoms with van der Waals surface area (Å²) in [6.07, 6.45) is 0.599. The van der Waals surface area contributed by atoms with Gasteiger partial charge in [0.1, 0.15) is 0 Å². The maximum absolute atomic E-state index is 13.3. The highest BCUT2D eigenvalue weighted by molar-refractivity contribution is 5.71. The molecule has 2 amide bonds. The Kier molecular flexibility index (Phi) is 5.95. The molecule has 0 atom stereocenters. The molecule has 1 aliphatic carbocycles. The summed E-state index contributed by atoms with van der Waals surface area (Å²) in [6.45, 7) is 0.381. The van der Waals surface area contributed by atoms with Gasteiger partial charge in [-0.2, -0.15) is 18.3 Å². The van der Waals surface area contributed by atoms with Gasteiger partial charge < -0.3 is 15.8 Å². The van der Waals surface area contributed by atoms with Crippen molar-refractivity contribution in [2.75, 3.05) is 13.7 Å². The molecular formula is C20H21F3N4O2. The summed E-state index contributed by atoms with van der Waals surface area (Å²) in [5.74, 6) is 0.771. The second-order valence-electron chi connectivity index (χ2n) is 6.56. The van der Waals surface area contributed by atoms with E-state index in [4.69, 9.17) is 10.5 Å². The Balaban J connectivity index is 1.92. The number of benzene rings is 1. The smallest absolute Gasteiger partial charge is 0.435 e. The summed E-state index contributed by atoms with van der Waals surface area (Å²) in [6, 6.07) is 7.55. The van der Waals surface area contributed by atoms with Crippen LogP contribution in [0.1, 0.15) is 24.1 Å². The normalized spacial score (nSPS) is 14.2. The van der Waals surface area contributed by atoms with Crippen LogP contribution < -0.4 is 11.1 Å². The van der Waals surface area contributed by atoms with E-state index in [1.165, 1.54) is 4.68 Å². The van der Waals surface area contributed by atoms with E-state index in [9.17, 15) is 18.0 Å². The van der Waals surface area contributed by atoms with Crippen LogP contribution in [0.3, 0.4) is 0 Å². The minimum atomic E-state index is -4.54. The Morgan fingerprint density at radius 3 is 2.52 bits per heavy atom. The largest absolute Gasteiger partial charge is 0.501 e. The van der Waals surface area contributed by atoms with Crippen LogP contribution in [0, 0.1) is 0 Å². The zero-order chi connectivity index (χ0) is 21.0. The van der Waals surface area contributed by atoms with Gasteiger partial charge in [0.05, 0.1) is 18.6 Å². The summed E-state index contributed by atoms with van der Waals surface area (Å²) in [7, 11) is 1.56. The molecular weight excluding hydrogens is 385 g/mol. The number of amides is 2. The molecule has 1 aliphatic rings. The monoisotopic (exact) mass is 406 g/mol. The first-order valence-electron chi connectivity index (χ1n) is 9.02. The first-order chi connectivity index (χ1) is 13.8. The maximum atomic E-state index is 13.3. The second kappa shape index (κ2) is 8.42. The fourth-order valence-electron chi connectivity index (χ4n) is 3.07. The Morgan fingerprint density at radius 2 is 1.97 bits per heavy atom. The average Bonchev–Trinajstić information content (AvgIpc) is 3.14. The fourth-order valence-corrected chi connectivity index (χ4v) is 3.07. The molecule has 0 radical (unpaired) electrons. The van der Waals surface area contributed by atoms with E-state index in [0.717, 1.165) is 17.4 Å². The lowest BCUT2D eigenvalue weighted by Gasteiger charge is -2.16. The van der Waals surface area contributed by atoms with Crippen LogP contribution in [-0.2, 0) is 17.3 Å². The number of halogens is 3. The maximum Gasteiger partial charge on any atom is 0.435 e. The SMILES string of the molecule is COC1=CC=C(n2nc(C(F)(F)F)cc2-c2ccc(CCNC(N)=O)cc2)CC1. The van der Waals surface area contributed by atoms with Crippen molar-refractivity contribution >= 4 is 11.7 Å². The van der Waals surface area contributed by atoms with Gasteiger partial charge in [0.15, 0.2) is 5.69 Å². The highest BCUT2D eigenvalue weighted by atomic mass is 19.4. The molecule has 2 aromatic rings. The van der Waals surface area contributed by atoms with Crippen LogP contribution >= 0.6 is 0 Å². The zero-order valence-corrected chi connectivity index (χ0v) is 15.8. The van der Waals surface area contributed by atoms with Crippen molar-refractivity contribution in [1.29, 1.82) is 0 Å². The molecule has 154 valence electrons. The van der Waals surface area contributed by atoms with Gasteiger partial charge in [-0.05, 0) is 36.6 Å². The minimum Gasteiger partial charge on any atom is -0.501 e. The standard InChI is InChI=1S/C20H21F3N4O2/c1-29-16-8-6-15(7-9-16)27-17(12-18(26-27)20(21,22)23)14-4-2-13(3-5-14)10-11-25-19(24)28/h2-6,8,12H,7,9-11H2,1H3,(H3,24,25,28). The molecule has 0 fully saturated rings. The number of nitrogens with one attached hydrogen (secondary N) is 1. The molecule has 1 aromatic carbocycles. The summed E-state index contributed by atoms with van der Waals surface area (Å²) < 4.78 is 46.4. The third-order valence-corrected chi connectivity index (χ3v) is 4.59. The van der Waals surface area contributed by atoms with Crippen LogP contribution in [0.5, 0.6) is 0 Å². The molecule has 0 saturated carbocycles. The van der Waals surface area contributed by atoms with Gasteiger partial charge in [-0.1, -0.05) is 24.3 Å². The predicted molar refractivity (Wildman–Crippen MR) is 103 cm³/mol. The van der Waals surface area contributed by atoms with E-state index < -0.39 is 17.9 Å². The summed E-state index contributed by atoms with van der Waals surface area (Å²) in [5.41, 5.74) is 6.65. The van der Waals surface area contributed by atoms with Crippen LogP contribution in [0.2, 0.25) is 0 Å². The number of ether oxygens (including phenoxy) is 1. The number of nitrogens with zero attached hydrogens (tertiary/aromatic N) is 2. The Labute approximate surface area is 165 Å². The molecule has 0 aliphatic heterocycles. The number of hydrogen-bond acceptors (Lipinski definition) is 3. The molecule has 3 N–H and O–H groups in total. The first-order valence-corrected chi connectivity index (χ1v) is 9.02. The Bertz CT molecular complexity index is 944. The van der Waals surface area contributed by atoms with Crippen molar-refractivity contribution in [2.24, 2.45) is 5.73 Å². The number of aromatic nitrogens is 2. The summed E-state index contributed by atoms with van der Waals surface area (Å²) in [4.78, 5) is 10.7. The van der Waals surface area contributed by atoms with Gasteiger partial charge >= 0.3 is 12.2 Å². The van der Waals surface area contributed by atoms with Crippen molar-refractivity contribution in [2.45, 2.75) is 25.4 Å². The molecule has 1 aromatic heterocycles. The fraction of sp³-hybridized carbons (Fsp3) is 0.300. The highest BCUT2D eigenvalue weighted by Crippen LogP contribution is 2.35. The number of nitrogens with two attached hydrogens (primary N) is 1. The summed E-state index contributed by atoms with van der Waals surface area (Å²) >= 11 is 0. The third kappa shape index (κ3) is 4.98. The van der Waals surface area contributed by atoms with E-state index in [1.807, 2.05) is 0 Å². The molecule has 1 heterocycles. The number of carbonyl (C=O) groups excluding carboxylic acids is 1. The van der Waals surface area contributed by atoms with Gasteiger partial charge in [0, 0.05) is 24.2 Å². The number of urea groups is 1. The highest BCUT2D eigenvalue weighted by Gasteiger charge is 2.35. The molecule has 29 heavy (non-hydrogen) atoms. The first kappa shape index (κ1) is 20.5. The lowest BCUT2D eigenvalue weighted by atomic mass is 10.1. The van der Waals surface area contributed by atoms with Crippen LogP contribution in [0.15, 0.2) is 48.2 Å². The van der Waals surface area contributed by atoms with Gasteiger partial charge in [0.25, 0.3) is 0 Å². The van der Waals surface area contributed by atoms with Crippen molar-refractivity contribution in [3.63, 3.8) is 0 Å². The number of rotatable bonds is 6. The number of primary amides is 1. The third-order valence-electron chi connectivity index (χ3n) is 4.59. The number of methoxy groups -OCH3 is 1. The average molecular weight is 406 g/mol. The van der Waals surface area contributed by atoms with E-state index in [1.54, 1.807) is 43.5 Å². The van der Waals surface area contributed by atoms with Crippen LogP contribution in [0.25, 0.3) is 17.0 Å². The van der Waals surface area contributed by atoms with Crippen LogP contribution in [-0.4, -0.2) is 29.5 Å². The Hall–Kier alpha value is -3.23. The number of hydrogen-bond donors (Lipinski definition) is 2. The molecule has 9 heteroatoms. The van der Waals surface area contributed by atoms with Gasteiger partial charge in [-0.15, -0.1) is 0 Å². The van der Waals surface area contributed by atoms with Crippen molar-refractivity contribution in [1.82, 2.24) is 15.1 Å². The van der Waals surface area contributed by atoms with Crippen LogP contribution in [0.4, 0.5) is 18.0 Å². The lowest BCUT2D eigenvalue weighted by molar-refractivity contribution is -0.141. The van der Waals surface area contributed by atoms with E-state index in [-0.39, 0.29) is 0 Å². The molecule has 3 rings (SSSR count). The van der Waals surface area contributed by atoms with E-state index in [0.29, 0.717) is 42.8 Å². The number of alkyl halides is 3. The van der Waals surface area contributed by atoms with E-state index in [2.05, 4.69) is 10.4 Å². The zero-order valence-electron chi connectivity index (χ0n) is 15.8. The molecule has 6 nitrogen and oxygen atoms in total. The van der Waals surface area contributed by atoms with Gasteiger partial charge in [-0.3, -0.25) is 0 Å². The van der Waals surface area contributed by atoms with Gasteiger partial charge in [-0.25, -0.2) is 9.48 Å². The molecule has 0 bridgehead atoms. The predicted octanol–water partition coefficient (Wildman–Crippen LogP) is 3.94. The molecule has 0 unspecified atom stereocenters. The van der Waals surface area contributed by atoms with E-state index >= 15 is 0 Å². The Morgan fingerprint density at radius 1 is 1.24 bits per heavy atom. The lowest BCUT2D eigenvalue weighted by Crippen LogP contribution is -2.30. The van der Waals surface area contributed by atoms with Crippen molar-refractivity contribution < 1.29 is 22.7 Å². The molecule has 0 spiro atoms. The topological polar surface area (TPSA) is 82.2 Å². The summed E-state index contributed by atoms with van der Waals surface area (Å²) in [5, 5.41) is 6.31. The van der Waals surface area contributed by atoms with Crippen molar-refractivity contribution in [3.8, 4) is 11.3 Å². The molecule has 0 saturated heterocycles. The number of carbonyl (C=O) groups is 1. The van der Waals surface area contributed by atoms with Gasteiger partial charge in [0.2, 0.25) is 0 Å². The second-order valence-corrected chi connectivity index (χ2v) is 6.56. The quantitative estimate of drug-likeness (QED) is 0.762.